The fraction of sp³-hybridized carbons (Fsp3) is 0.571. The van der Waals surface area contributed by atoms with Crippen LogP contribution >= 0.6 is 15.9 Å². The molecule has 0 saturated carbocycles. The molecule has 1 saturated heterocycles. The van der Waals surface area contributed by atoms with Gasteiger partial charge in [-0.3, -0.25) is 0 Å². The predicted molar refractivity (Wildman–Crippen MR) is 71.7 cm³/mol. The third-order valence-corrected chi connectivity index (χ3v) is 4.35. The van der Waals surface area contributed by atoms with Crippen LogP contribution in [0.2, 0.25) is 0 Å². The molecule has 4 heteroatoms. The van der Waals surface area contributed by atoms with Crippen LogP contribution in [0.4, 0.5) is 0 Å². The first-order valence-corrected chi connectivity index (χ1v) is 7.25. The number of fused-ring (bicyclic) bond motifs is 1. The molecule has 2 aliphatic rings. The van der Waals surface area contributed by atoms with Gasteiger partial charge < -0.3 is 14.6 Å². The Morgan fingerprint density at radius 2 is 2.00 bits per heavy atom. The number of hydrogen-bond acceptors (Lipinski definition) is 3. The quantitative estimate of drug-likeness (QED) is 0.866. The van der Waals surface area contributed by atoms with Crippen molar-refractivity contribution in [2.24, 2.45) is 5.92 Å². The maximum Gasteiger partial charge on any atom is 0.125 e. The van der Waals surface area contributed by atoms with Gasteiger partial charge >= 0.3 is 0 Å². The zero-order valence-electron chi connectivity index (χ0n) is 10.1. The number of aliphatic hydroxyl groups excluding tert-OH is 1. The Kier molecular flexibility index (Phi) is 3.59. The van der Waals surface area contributed by atoms with Gasteiger partial charge in [0.2, 0.25) is 0 Å². The highest BCUT2D eigenvalue weighted by Gasteiger charge is 2.33. The fourth-order valence-electron chi connectivity index (χ4n) is 2.82. The molecule has 1 fully saturated rings. The largest absolute Gasteiger partial charge is 0.490 e. The molecule has 3 nitrogen and oxygen atoms in total. The number of rotatable bonds is 1. The van der Waals surface area contributed by atoms with Crippen LogP contribution in [-0.4, -0.2) is 24.4 Å². The Hall–Kier alpha value is -0.580. The van der Waals surface area contributed by atoms with E-state index < -0.39 is 6.10 Å². The summed E-state index contributed by atoms with van der Waals surface area (Å²) in [6, 6.07) is 5.84. The van der Waals surface area contributed by atoms with Gasteiger partial charge in [0, 0.05) is 35.6 Å². The molecule has 2 aliphatic heterocycles. The molecule has 0 bridgehead atoms. The van der Waals surface area contributed by atoms with Crippen molar-refractivity contribution < 1.29 is 14.6 Å². The Labute approximate surface area is 115 Å². The standard InChI is InChI=1S/C14H17BrO3/c15-10-1-2-13-11(7-10)12(16)8-14(18-13)9-3-5-17-6-4-9/h1-2,7,9,12,14,16H,3-6,8H2. The molecular weight excluding hydrogens is 296 g/mol. The van der Waals surface area contributed by atoms with E-state index in [0.717, 1.165) is 41.8 Å². The van der Waals surface area contributed by atoms with E-state index in [9.17, 15) is 5.11 Å². The lowest BCUT2D eigenvalue weighted by Crippen LogP contribution is -2.36. The first-order chi connectivity index (χ1) is 8.74. The van der Waals surface area contributed by atoms with Gasteiger partial charge in [-0.1, -0.05) is 15.9 Å². The average molecular weight is 313 g/mol. The smallest absolute Gasteiger partial charge is 0.125 e. The topological polar surface area (TPSA) is 38.7 Å². The molecule has 18 heavy (non-hydrogen) atoms. The molecule has 0 aliphatic carbocycles. The molecule has 1 N–H and O–H groups in total. The molecule has 3 rings (SSSR count). The number of benzene rings is 1. The third kappa shape index (κ3) is 2.42. The van der Waals surface area contributed by atoms with Crippen molar-refractivity contribution in [3.05, 3.63) is 28.2 Å². The molecular formula is C14H17BrO3. The maximum absolute atomic E-state index is 10.3. The summed E-state index contributed by atoms with van der Waals surface area (Å²) in [7, 11) is 0. The summed E-state index contributed by atoms with van der Waals surface area (Å²) >= 11 is 3.43. The minimum Gasteiger partial charge on any atom is -0.490 e. The first-order valence-electron chi connectivity index (χ1n) is 6.46. The lowest BCUT2D eigenvalue weighted by molar-refractivity contribution is -0.0150. The molecule has 0 radical (unpaired) electrons. The van der Waals surface area contributed by atoms with Crippen LogP contribution in [0.1, 0.15) is 30.9 Å². The lowest BCUT2D eigenvalue weighted by Gasteiger charge is -2.36. The second-order valence-electron chi connectivity index (χ2n) is 5.04. The highest BCUT2D eigenvalue weighted by atomic mass is 79.9. The SMILES string of the molecule is OC1CC(C2CCOCC2)Oc2ccc(Br)cc21. The van der Waals surface area contributed by atoms with Crippen molar-refractivity contribution in [3.63, 3.8) is 0 Å². The summed E-state index contributed by atoms with van der Waals surface area (Å²) in [5.74, 6) is 1.33. The van der Waals surface area contributed by atoms with Crippen molar-refractivity contribution in [2.45, 2.75) is 31.5 Å². The molecule has 0 spiro atoms. The molecule has 1 aromatic rings. The zero-order valence-corrected chi connectivity index (χ0v) is 11.7. The second-order valence-corrected chi connectivity index (χ2v) is 5.96. The zero-order chi connectivity index (χ0) is 12.5. The van der Waals surface area contributed by atoms with Crippen molar-refractivity contribution in [1.82, 2.24) is 0 Å². The number of ether oxygens (including phenoxy) is 2. The lowest BCUT2D eigenvalue weighted by atomic mass is 9.87. The summed E-state index contributed by atoms with van der Waals surface area (Å²) in [4.78, 5) is 0. The van der Waals surface area contributed by atoms with E-state index in [1.165, 1.54) is 0 Å². The van der Waals surface area contributed by atoms with Crippen molar-refractivity contribution in [1.29, 1.82) is 0 Å². The van der Waals surface area contributed by atoms with E-state index in [4.69, 9.17) is 9.47 Å². The predicted octanol–water partition coefficient (Wildman–Crippen LogP) is 3.06. The van der Waals surface area contributed by atoms with Gasteiger partial charge in [-0.25, -0.2) is 0 Å². The third-order valence-electron chi connectivity index (χ3n) is 3.86. The van der Waals surface area contributed by atoms with Gasteiger partial charge in [-0.2, -0.15) is 0 Å². The number of hydrogen-bond donors (Lipinski definition) is 1. The molecule has 0 aromatic heterocycles. The summed E-state index contributed by atoms with van der Waals surface area (Å²) in [6.07, 6.45) is 2.46. The summed E-state index contributed by atoms with van der Waals surface area (Å²) < 4.78 is 12.4. The molecule has 2 atom stereocenters. The minimum absolute atomic E-state index is 0.123. The van der Waals surface area contributed by atoms with E-state index in [1.54, 1.807) is 0 Å². The van der Waals surface area contributed by atoms with Crippen molar-refractivity contribution in [3.8, 4) is 5.75 Å². The van der Waals surface area contributed by atoms with E-state index in [-0.39, 0.29) is 6.10 Å². The summed E-state index contributed by atoms with van der Waals surface area (Å²) in [5.41, 5.74) is 0.896. The van der Waals surface area contributed by atoms with Gasteiger partial charge in [0.15, 0.2) is 0 Å². The molecule has 2 heterocycles. The van der Waals surface area contributed by atoms with Crippen LogP contribution in [0.3, 0.4) is 0 Å². The van der Waals surface area contributed by atoms with Crippen LogP contribution < -0.4 is 4.74 Å². The number of aliphatic hydroxyl groups is 1. The Morgan fingerprint density at radius 3 is 2.78 bits per heavy atom. The average Bonchev–Trinajstić information content (AvgIpc) is 2.40. The van der Waals surface area contributed by atoms with E-state index in [2.05, 4.69) is 15.9 Å². The van der Waals surface area contributed by atoms with Crippen LogP contribution in [0.5, 0.6) is 5.75 Å². The van der Waals surface area contributed by atoms with Crippen LogP contribution in [-0.2, 0) is 4.74 Å². The van der Waals surface area contributed by atoms with E-state index in [1.807, 2.05) is 18.2 Å². The first kappa shape index (κ1) is 12.5. The Morgan fingerprint density at radius 1 is 1.22 bits per heavy atom. The Balaban J connectivity index is 1.80. The summed E-state index contributed by atoms with van der Waals surface area (Å²) in [6.45, 7) is 1.63. The van der Waals surface area contributed by atoms with Crippen LogP contribution in [0, 0.1) is 5.92 Å². The van der Waals surface area contributed by atoms with Crippen molar-refractivity contribution >= 4 is 15.9 Å². The maximum atomic E-state index is 10.3. The monoisotopic (exact) mass is 312 g/mol. The van der Waals surface area contributed by atoms with Gasteiger partial charge in [0.25, 0.3) is 0 Å². The van der Waals surface area contributed by atoms with Crippen LogP contribution in [0.25, 0.3) is 0 Å². The second kappa shape index (κ2) is 5.19. The highest BCUT2D eigenvalue weighted by molar-refractivity contribution is 9.10. The number of halogens is 1. The highest BCUT2D eigenvalue weighted by Crippen LogP contribution is 2.39. The van der Waals surface area contributed by atoms with E-state index >= 15 is 0 Å². The minimum atomic E-state index is -0.418. The van der Waals surface area contributed by atoms with Gasteiger partial charge in [0.05, 0.1) is 6.10 Å². The van der Waals surface area contributed by atoms with Crippen LogP contribution in [0.15, 0.2) is 22.7 Å². The molecule has 2 unspecified atom stereocenters. The molecule has 0 amide bonds. The van der Waals surface area contributed by atoms with E-state index in [0.29, 0.717) is 12.3 Å². The van der Waals surface area contributed by atoms with Gasteiger partial charge in [-0.15, -0.1) is 0 Å². The molecule has 1 aromatic carbocycles. The molecule has 98 valence electrons. The fourth-order valence-corrected chi connectivity index (χ4v) is 3.20. The normalized spacial score (nSPS) is 28.6. The van der Waals surface area contributed by atoms with Gasteiger partial charge in [0.1, 0.15) is 11.9 Å². The Bertz CT molecular complexity index is 429. The van der Waals surface area contributed by atoms with Gasteiger partial charge in [-0.05, 0) is 31.0 Å². The summed E-state index contributed by atoms with van der Waals surface area (Å²) in [5, 5.41) is 10.3. The van der Waals surface area contributed by atoms with Crippen molar-refractivity contribution in [2.75, 3.05) is 13.2 Å².